The highest BCUT2D eigenvalue weighted by Gasteiger charge is 2.49. The van der Waals surface area contributed by atoms with Crippen molar-refractivity contribution in [3.05, 3.63) is 0 Å². The van der Waals surface area contributed by atoms with Gasteiger partial charge in [-0.05, 0) is 185 Å². The number of carbonyl (C=O) groups is 16. The SMILES string of the molecule is CC[C@H](C)[C@H](NC(=O)[C@H](CCCNC(=N)N)NC(=O)[C@@H](N)CCCNC(=N)N)C(=O)N[C@@H](CCCNC(=N)N)C(=O)N1CCC[C@H]1C(=O)N[C@@H](CCCNC(=N)N)C(=O)N1CCC[C@H]1C(=O)N1CCC[C@H]1C(=O)N[C@@H](CCCNC(=N)N)C(=O)N[C@@H](CC(C)C)C(=O)N1CCC[C@H]1C(=O)N[C@@H](CCCNC(=N)N)C(=O)N1CCC[C@H]1C(=O)N[C@@H](CCCNC(=N)N)C(=O)N1CCC[C@H]1C(=O)N[C@@H](CS)C(=O)O. The van der Waals surface area contributed by atoms with Crippen LogP contribution < -0.4 is 131 Å². The summed E-state index contributed by atoms with van der Waals surface area (Å²) in [5.41, 5.74) is 45.2. The maximum Gasteiger partial charge on any atom is 0.327 e. The lowest BCUT2D eigenvalue weighted by Gasteiger charge is -2.34. The molecule has 6 rings (SSSR count). The van der Waals surface area contributed by atoms with Crippen LogP contribution in [-0.4, -0.2) is 358 Å². The third-order valence-electron chi connectivity index (χ3n) is 25.9. The number of rotatable bonds is 58. The Morgan fingerprint density at radius 1 is 0.317 bits per heavy atom. The molecule has 0 unspecified atom stereocenters. The summed E-state index contributed by atoms with van der Waals surface area (Å²) in [6.45, 7) is 8.05. The highest BCUT2D eigenvalue weighted by molar-refractivity contribution is 7.80. The van der Waals surface area contributed by atoms with Crippen molar-refractivity contribution in [1.29, 1.82) is 37.9 Å². The smallest absolute Gasteiger partial charge is 0.327 e. The Morgan fingerprint density at radius 2 is 0.556 bits per heavy atom. The summed E-state index contributed by atoms with van der Waals surface area (Å²) in [4.78, 5) is 241. The van der Waals surface area contributed by atoms with Crippen molar-refractivity contribution in [3.63, 3.8) is 0 Å². The van der Waals surface area contributed by atoms with Gasteiger partial charge < -0.3 is 165 Å². The number of likely N-dealkylation sites (tertiary alicyclic amines) is 6. The number of guanidine groups is 7. The number of carboxylic acid groups (broad SMARTS) is 1. The van der Waals surface area contributed by atoms with E-state index in [1.54, 1.807) is 27.7 Å². The number of hydrogen-bond donors (Lipinski definition) is 33. The molecule has 40 N–H and O–H groups in total. The summed E-state index contributed by atoms with van der Waals surface area (Å²) in [5.74, 6) is -15.7. The molecule has 6 aliphatic rings. The van der Waals surface area contributed by atoms with E-state index < -0.39 is 197 Å². The van der Waals surface area contributed by atoms with Crippen molar-refractivity contribution < 1.29 is 81.8 Å². The van der Waals surface area contributed by atoms with Crippen LogP contribution in [0.15, 0.2) is 0 Å². The summed E-state index contributed by atoms with van der Waals surface area (Å²) in [6, 6.07) is -20.3. The molecule has 0 radical (unpaired) electrons. The second-order valence-electron chi connectivity index (χ2n) is 37.1. The molecule has 0 aromatic carbocycles. The second-order valence-corrected chi connectivity index (χ2v) is 37.5. The van der Waals surface area contributed by atoms with Gasteiger partial charge in [-0.3, -0.25) is 110 Å². The number of nitrogens with zero attached hydrogens (tertiary/aromatic N) is 6. The molecule has 17 atom stereocenters. The maximum atomic E-state index is 15.3. The number of carboxylic acids is 1. The summed E-state index contributed by atoms with van der Waals surface area (Å²) >= 11 is 4.04. The van der Waals surface area contributed by atoms with E-state index in [0.717, 1.165) is 0 Å². The molecule has 0 bridgehead atoms. The molecule has 142 heavy (non-hydrogen) atoms. The van der Waals surface area contributed by atoms with Crippen LogP contribution in [-0.2, 0) is 76.7 Å². The van der Waals surface area contributed by atoms with Crippen LogP contribution in [0.3, 0.4) is 0 Å². The highest BCUT2D eigenvalue weighted by Crippen LogP contribution is 2.30. The quantitative estimate of drug-likeness (QED) is 0.0116. The van der Waals surface area contributed by atoms with Crippen LogP contribution in [0.1, 0.15) is 207 Å². The molecule has 55 heteroatoms. The molecule has 0 aliphatic carbocycles. The van der Waals surface area contributed by atoms with Crippen molar-refractivity contribution in [1.82, 2.24) is 114 Å². The molecular formula is C87H155N37O17S. The van der Waals surface area contributed by atoms with Crippen LogP contribution in [0.5, 0.6) is 0 Å². The lowest BCUT2D eigenvalue weighted by Crippen LogP contribution is -2.61. The van der Waals surface area contributed by atoms with Gasteiger partial charge in [0, 0.05) is 90.8 Å². The van der Waals surface area contributed by atoms with Crippen molar-refractivity contribution in [3.8, 4) is 0 Å². The molecule has 15 amide bonds. The fraction of sp³-hybridized carbons (Fsp3) is 0.736. The van der Waals surface area contributed by atoms with E-state index in [2.05, 4.69) is 97.7 Å². The van der Waals surface area contributed by atoms with Gasteiger partial charge in [-0.15, -0.1) is 0 Å². The van der Waals surface area contributed by atoms with E-state index in [9.17, 15) is 43.5 Å². The molecule has 0 spiro atoms. The number of hydrogen-bond acceptors (Lipinski definition) is 25. The van der Waals surface area contributed by atoms with E-state index in [0.29, 0.717) is 44.9 Å². The first-order valence-corrected chi connectivity index (χ1v) is 49.7. The monoisotopic (exact) mass is 2020 g/mol. The molecule has 6 heterocycles. The minimum atomic E-state index is -1.41. The molecule has 0 aromatic rings. The Balaban J connectivity index is 1.19. The highest BCUT2D eigenvalue weighted by atomic mass is 32.1. The summed E-state index contributed by atoms with van der Waals surface area (Å²) < 4.78 is 0. The van der Waals surface area contributed by atoms with Gasteiger partial charge in [-0.2, -0.15) is 12.6 Å². The van der Waals surface area contributed by atoms with Crippen molar-refractivity contribution >= 4 is 149 Å². The van der Waals surface area contributed by atoms with Gasteiger partial charge in [-0.1, -0.05) is 34.1 Å². The zero-order valence-electron chi connectivity index (χ0n) is 81.8. The Labute approximate surface area is 831 Å². The minimum absolute atomic E-state index is 0.00488. The fourth-order valence-corrected chi connectivity index (χ4v) is 18.6. The number of nitrogens with one attached hydrogen (secondary N) is 23. The van der Waals surface area contributed by atoms with Gasteiger partial charge in [0.1, 0.15) is 90.6 Å². The van der Waals surface area contributed by atoms with Crippen LogP contribution in [0.25, 0.3) is 0 Å². The predicted octanol–water partition coefficient (Wildman–Crippen LogP) is -8.43. The Bertz CT molecular complexity index is 4420. The predicted molar refractivity (Wildman–Crippen MR) is 528 cm³/mol. The molecule has 0 aromatic heterocycles. The van der Waals surface area contributed by atoms with E-state index in [4.69, 9.17) is 83.7 Å². The summed E-state index contributed by atoms with van der Waals surface area (Å²) in [7, 11) is 0. The third kappa shape index (κ3) is 37.3. The summed E-state index contributed by atoms with van der Waals surface area (Å²) in [5, 5.41) is 107. The van der Waals surface area contributed by atoms with E-state index in [1.807, 2.05) is 0 Å². The van der Waals surface area contributed by atoms with Crippen LogP contribution >= 0.6 is 12.6 Å². The lowest BCUT2D eigenvalue weighted by molar-refractivity contribution is -0.148. The topological polar surface area (TPSA) is 880 Å². The number of amides is 15. The second kappa shape index (κ2) is 59.5. The fourth-order valence-electron chi connectivity index (χ4n) is 18.4. The van der Waals surface area contributed by atoms with Gasteiger partial charge in [0.25, 0.3) is 0 Å². The average Bonchev–Trinajstić information content (AvgIpc) is 1.63. The van der Waals surface area contributed by atoms with Gasteiger partial charge in [0.05, 0.1) is 6.04 Å². The van der Waals surface area contributed by atoms with E-state index in [-0.39, 0.29) is 273 Å². The van der Waals surface area contributed by atoms with Crippen LogP contribution in [0.4, 0.5) is 0 Å². The van der Waals surface area contributed by atoms with Crippen molar-refractivity contribution in [2.45, 2.75) is 304 Å². The first kappa shape index (κ1) is 117. The summed E-state index contributed by atoms with van der Waals surface area (Å²) in [6.07, 6.45) is 4.01. The molecule has 6 fully saturated rings. The van der Waals surface area contributed by atoms with Gasteiger partial charge >= 0.3 is 5.97 Å². The minimum Gasteiger partial charge on any atom is -0.480 e. The molecule has 0 saturated carbocycles. The average molecular weight is 2020 g/mol. The first-order valence-electron chi connectivity index (χ1n) is 49.1. The normalized spacial score (nSPS) is 19.9. The lowest BCUT2D eigenvalue weighted by atomic mass is 9.96. The third-order valence-corrected chi connectivity index (χ3v) is 26.3. The van der Waals surface area contributed by atoms with Crippen LogP contribution in [0.2, 0.25) is 0 Å². The van der Waals surface area contributed by atoms with Gasteiger partial charge in [-0.25, -0.2) is 4.79 Å². The number of thiol groups is 1. The largest absolute Gasteiger partial charge is 0.480 e. The Kier molecular flexibility index (Phi) is 49.2. The zero-order chi connectivity index (χ0) is 105. The van der Waals surface area contributed by atoms with Gasteiger partial charge in [0.2, 0.25) is 88.6 Å². The van der Waals surface area contributed by atoms with Crippen molar-refractivity contribution in [2.24, 2.45) is 57.7 Å². The standard InChI is InChI=1S/C87H155N37O17S/c1-5-48(4)64(118-67(127)51(21-8-34-105-83(93)94)110-65(125)49(88)19-6-32-103-81(89)90)73(133)115-55(25-12-38-109-87(101)102)76(136)120-40-14-27-59(120)70(130)114-54(24-11-37-108-86(99)100)77(137)124-44-18-31-63(124)79(139)123-43-17-30-62(123)68(128)111-50(20-7-33-104-82(91)92)66(126)116-56(45-47(2)3)78(138)122-42-16-28-60(122)71(131)113-52(22-9-35-106-84(95)96)74(134)119-39-13-26-58(119)69(129)112-53(23-10-36-107-85(97)98)75(135)121-41-15-29-61(121)72(132)117-57(46-142)80(140)141/h47-64,142H,5-46,88H2,1-4H3,(H,110,125)(H,111,128)(H,112,129)(H,113,131)(H,114,130)(H,115,133)(H,116,126)(H,117,132)(H,118,127)(H,140,141)(H4,89,90,103)(H4,91,92,104)(H4,93,94,105)(H4,95,96,106)(H4,97,98,107)(H4,99,100,108)(H4,101,102,109)/t48-,49-,50-,51-,52-,53-,54-,55-,56-,57-,58-,59-,60-,61-,62-,63-,64-/m0/s1. The van der Waals surface area contributed by atoms with Gasteiger partial charge in [0.15, 0.2) is 41.7 Å². The zero-order valence-corrected chi connectivity index (χ0v) is 82.7. The van der Waals surface area contributed by atoms with E-state index in [1.165, 1.54) is 29.4 Å². The number of aliphatic carboxylic acids is 1. The maximum absolute atomic E-state index is 15.3. The number of carbonyl (C=O) groups excluding carboxylic acids is 15. The van der Waals surface area contributed by atoms with Crippen LogP contribution in [0, 0.1) is 49.7 Å². The molecule has 6 aliphatic heterocycles. The molecular weight excluding hydrogens is 1870 g/mol. The Hall–Kier alpha value is -13.3. The van der Waals surface area contributed by atoms with Crippen molar-refractivity contribution in [2.75, 3.05) is 90.8 Å². The first-order chi connectivity index (χ1) is 67.4. The number of nitrogens with two attached hydrogens (primary N) is 8. The molecule has 54 nitrogen and oxygen atoms in total. The molecule has 796 valence electrons. The molecule has 6 saturated heterocycles. The van der Waals surface area contributed by atoms with E-state index >= 15 is 38.4 Å². The Morgan fingerprint density at radius 3 is 0.859 bits per heavy atom.